The number of ether oxygens (including phenoxy) is 1. The minimum absolute atomic E-state index is 0.0943. The van der Waals surface area contributed by atoms with E-state index < -0.39 is 0 Å². The summed E-state index contributed by atoms with van der Waals surface area (Å²) >= 11 is 3.45. The van der Waals surface area contributed by atoms with Gasteiger partial charge in [-0.25, -0.2) is 0 Å². The first-order valence-corrected chi connectivity index (χ1v) is 7.44. The lowest BCUT2D eigenvalue weighted by Crippen LogP contribution is -2.13. The van der Waals surface area contributed by atoms with Crippen molar-refractivity contribution >= 4 is 21.5 Å². The molecule has 1 nitrogen and oxygen atoms in total. The van der Waals surface area contributed by atoms with Crippen LogP contribution in [0.4, 0.5) is 0 Å². The topological polar surface area (TPSA) is 9.23 Å². The lowest BCUT2D eigenvalue weighted by atomic mass is 9.84. The van der Waals surface area contributed by atoms with Crippen molar-refractivity contribution in [1.29, 1.82) is 0 Å². The van der Waals surface area contributed by atoms with Gasteiger partial charge in [0.05, 0.1) is 7.11 Å². The molecule has 100 valence electrons. The first kappa shape index (κ1) is 15.3. The second-order valence-electron chi connectivity index (χ2n) is 5.53. The van der Waals surface area contributed by atoms with E-state index in [2.05, 4.69) is 67.9 Å². The highest BCUT2D eigenvalue weighted by Gasteiger charge is 2.19. The molecule has 18 heavy (non-hydrogen) atoms. The zero-order valence-corrected chi connectivity index (χ0v) is 13.6. The minimum Gasteiger partial charge on any atom is -0.496 e. The Morgan fingerprint density at radius 2 is 2.00 bits per heavy atom. The van der Waals surface area contributed by atoms with E-state index in [0.717, 1.165) is 17.5 Å². The summed E-state index contributed by atoms with van der Waals surface area (Å²) in [4.78, 5) is 0. The van der Waals surface area contributed by atoms with E-state index in [9.17, 15) is 0 Å². The summed E-state index contributed by atoms with van der Waals surface area (Å²) < 4.78 is 5.46. The van der Waals surface area contributed by atoms with Crippen LogP contribution in [-0.2, 0) is 5.41 Å². The molecule has 0 aliphatic carbocycles. The van der Waals surface area contributed by atoms with Crippen LogP contribution in [0.25, 0.3) is 5.57 Å². The van der Waals surface area contributed by atoms with E-state index in [1.165, 1.54) is 16.7 Å². The molecule has 0 spiro atoms. The van der Waals surface area contributed by atoms with Gasteiger partial charge in [-0.3, -0.25) is 0 Å². The third-order valence-electron chi connectivity index (χ3n) is 3.02. The fourth-order valence-corrected chi connectivity index (χ4v) is 2.16. The van der Waals surface area contributed by atoms with Crippen molar-refractivity contribution in [2.75, 3.05) is 12.4 Å². The Hall–Kier alpha value is -0.760. The number of benzene rings is 1. The average Bonchev–Trinajstić information content (AvgIpc) is 2.34. The molecule has 1 aromatic carbocycles. The molecule has 2 heteroatoms. The zero-order chi connectivity index (χ0) is 13.8. The molecule has 0 aromatic heterocycles. The van der Waals surface area contributed by atoms with E-state index in [0.29, 0.717) is 0 Å². The second kappa shape index (κ2) is 6.42. The van der Waals surface area contributed by atoms with Crippen LogP contribution in [0.3, 0.4) is 0 Å². The number of methoxy groups -OCH3 is 1. The van der Waals surface area contributed by atoms with Crippen LogP contribution in [0.5, 0.6) is 5.75 Å². The number of allylic oxidation sites excluding steroid dienone is 2. The van der Waals surface area contributed by atoms with Crippen LogP contribution in [-0.4, -0.2) is 12.4 Å². The molecular weight excluding hydrogens is 288 g/mol. The largest absolute Gasteiger partial charge is 0.496 e. The van der Waals surface area contributed by atoms with Gasteiger partial charge >= 0.3 is 0 Å². The number of rotatable bonds is 4. The van der Waals surface area contributed by atoms with Crippen molar-refractivity contribution in [3.05, 3.63) is 35.4 Å². The fraction of sp³-hybridized carbons (Fsp3) is 0.500. The van der Waals surface area contributed by atoms with Crippen molar-refractivity contribution in [3.8, 4) is 5.75 Å². The van der Waals surface area contributed by atoms with Crippen LogP contribution < -0.4 is 4.74 Å². The second-order valence-corrected chi connectivity index (χ2v) is 6.32. The molecular formula is C16H23BrO. The maximum Gasteiger partial charge on any atom is 0.122 e. The highest BCUT2D eigenvalue weighted by Crippen LogP contribution is 2.33. The molecule has 0 N–H and O–H groups in total. The van der Waals surface area contributed by atoms with Gasteiger partial charge in [-0.1, -0.05) is 48.8 Å². The molecule has 0 saturated carbocycles. The molecule has 0 atom stereocenters. The van der Waals surface area contributed by atoms with Gasteiger partial charge in [0.1, 0.15) is 5.75 Å². The predicted molar refractivity (Wildman–Crippen MR) is 83.8 cm³/mol. The Labute approximate surface area is 119 Å². The molecule has 0 amide bonds. The Bertz CT molecular complexity index is 427. The fourth-order valence-electron chi connectivity index (χ4n) is 1.93. The average molecular weight is 311 g/mol. The number of halogens is 1. The number of hydrogen-bond donors (Lipinski definition) is 0. The highest BCUT2D eigenvalue weighted by atomic mass is 79.9. The molecule has 0 fully saturated rings. The third kappa shape index (κ3) is 3.88. The summed E-state index contributed by atoms with van der Waals surface area (Å²) in [6.45, 7) is 8.81. The van der Waals surface area contributed by atoms with Gasteiger partial charge in [-0.15, -0.1) is 0 Å². The Morgan fingerprint density at radius 3 is 2.50 bits per heavy atom. The molecule has 0 bridgehead atoms. The minimum atomic E-state index is 0.0943. The van der Waals surface area contributed by atoms with Gasteiger partial charge in [-0.05, 0) is 42.0 Å². The predicted octanol–water partition coefficient (Wildman–Crippen LogP) is 5.18. The quantitative estimate of drug-likeness (QED) is 0.696. The normalized spacial score (nSPS) is 12.7. The maximum absolute atomic E-state index is 5.46. The zero-order valence-electron chi connectivity index (χ0n) is 12.0. The molecule has 0 aliphatic heterocycles. The number of alkyl halides is 1. The lowest BCUT2D eigenvalue weighted by Gasteiger charge is -2.23. The van der Waals surface area contributed by atoms with Crippen molar-refractivity contribution in [3.63, 3.8) is 0 Å². The lowest BCUT2D eigenvalue weighted by molar-refractivity contribution is 0.397. The Kier molecular flexibility index (Phi) is 5.46. The van der Waals surface area contributed by atoms with Crippen LogP contribution in [0.2, 0.25) is 0 Å². The molecule has 1 rings (SSSR count). The van der Waals surface area contributed by atoms with Gasteiger partial charge in [0, 0.05) is 10.9 Å². The van der Waals surface area contributed by atoms with Crippen LogP contribution in [0, 0.1) is 0 Å². The summed E-state index contributed by atoms with van der Waals surface area (Å²) in [6, 6.07) is 6.45. The van der Waals surface area contributed by atoms with E-state index >= 15 is 0 Å². The monoisotopic (exact) mass is 310 g/mol. The smallest absolute Gasteiger partial charge is 0.122 e. The van der Waals surface area contributed by atoms with E-state index in [-0.39, 0.29) is 5.41 Å². The van der Waals surface area contributed by atoms with E-state index in [1.807, 2.05) is 0 Å². The molecule has 0 saturated heterocycles. The van der Waals surface area contributed by atoms with E-state index in [1.54, 1.807) is 7.11 Å². The Balaban J connectivity index is 3.19. The standard InChI is InChI=1S/C16H23BrO/c1-12(7-6-10-17)13-8-9-15(18-5)14(11-13)16(2,3)4/h7-9,11H,6,10H2,1-5H3/b12-7+. The van der Waals surface area contributed by atoms with Crippen molar-refractivity contribution in [2.45, 2.75) is 39.5 Å². The van der Waals surface area contributed by atoms with Crippen LogP contribution >= 0.6 is 15.9 Å². The maximum atomic E-state index is 5.46. The first-order valence-electron chi connectivity index (χ1n) is 6.31. The van der Waals surface area contributed by atoms with Gasteiger partial charge in [0.25, 0.3) is 0 Å². The molecule has 0 unspecified atom stereocenters. The van der Waals surface area contributed by atoms with Crippen LogP contribution in [0.1, 0.15) is 45.2 Å². The highest BCUT2D eigenvalue weighted by molar-refractivity contribution is 9.09. The van der Waals surface area contributed by atoms with Gasteiger partial charge in [-0.2, -0.15) is 0 Å². The summed E-state index contributed by atoms with van der Waals surface area (Å²) in [7, 11) is 1.73. The SMILES string of the molecule is COc1ccc(/C(C)=C/CCBr)cc1C(C)(C)C. The third-order valence-corrected chi connectivity index (χ3v) is 3.48. The van der Waals surface area contributed by atoms with Gasteiger partial charge in [0.2, 0.25) is 0 Å². The molecule has 0 aliphatic rings. The summed E-state index contributed by atoms with van der Waals surface area (Å²) in [5.74, 6) is 0.972. The molecule has 0 radical (unpaired) electrons. The Morgan fingerprint density at radius 1 is 1.33 bits per heavy atom. The molecule has 0 heterocycles. The molecule has 1 aromatic rings. The van der Waals surface area contributed by atoms with E-state index in [4.69, 9.17) is 4.74 Å². The van der Waals surface area contributed by atoms with Crippen molar-refractivity contribution in [1.82, 2.24) is 0 Å². The van der Waals surface area contributed by atoms with Crippen molar-refractivity contribution in [2.24, 2.45) is 0 Å². The first-order chi connectivity index (χ1) is 8.40. The summed E-state index contributed by atoms with van der Waals surface area (Å²) in [5.41, 5.74) is 3.95. The van der Waals surface area contributed by atoms with Gasteiger partial charge in [0.15, 0.2) is 0 Å². The summed E-state index contributed by atoms with van der Waals surface area (Å²) in [5, 5.41) is 1.01. The summed E-state index contributed by atoms with van der Waals surface area (Å²) in [6.07, 6.45) is 3.33. The number of hydrogen-bond acceptors (Lipinski definition) is 1. The van der Waals surface area contributed by atoms with Gasteiger partial charge < -0.3 is 4.74 Å². The van der Waals surface area contributed by atoms with Crippen LogP contribution in [0.15, 0.2) is 24.3 Å². The van der Waals surface area contributed by atoms with Crippen molar-refractivity contribution < 1.29 is 4.74 Å².